The molecule has 3 heterocycles. The highest BCUT2D eigenvalue weighted by atomic mass is 19.4. The SMILES string of the molecule is Cn1c(=O)n(C2CCC(=O)NC2=O)c2cccc(C#CCOC3CCN(C(=O)C(F)(F)F)CC3)c21. The lowest BCUT2D eigenvalue weighted by atomic mass is 10.1. The number of rotatable bonds is 3. The Bertz CT molecular complexity index is 1290. The number of aryl methyl sites for hydroxylation is 1. The van der Waals surface area contributed by atoms with Crippen LogP contribution in [0.15, 0.2) is 23.0 Å². The number of benzene rings is 1. The molecule has 4 rings (SSSR count). The highest BCUT2D eigenvalue weighted by molar-refractivity contribution is 6.00. The number of fused-ring (bicyclic) bond motifs is 1. The lowest BCUT2D eigenvalue weighted by molar-refractivity contribution is -0.187. The van der Waals surface area contributed by atoms with Gasteiger partial charge in [0.2, 0.25) is 11.8 Å². The van der Waals surface area contributed by atoms with Gasteiger partial charge in [0.15, 0.2) is 0 Å². The van der Waals surface area contributed by atoms with Gasteiger partial charge in [0, 0.05) is 26.6 Å². The van der Waals surface area contributed by atoms with Crippen LogP contribution in [-0.4, -0.2) is 63.7 Å². The Hall–Kier alpha value is -3.59. The Balaban J connectivity index is 1.45. The molecule has 12 heteroatoms. The summed E-state index contributed by atoms with van der Waals surface area (Å²) in [6.07, 6.45) is -4.27. The van der Waals surface area contributed by atoms with Crippen LogP contribution in [0.4, 0.5) is 13.2 Å². The zero-order valence-electron chi connectivity index (χ0n) is 18.9. The van der Waals surface area contributed by atoms with Crippen molar-refractivity contribution in [1.82, 2.24) is 19.4 Å². The number of hydrogen-bond donors (Lipinski definition) is 1. The molecule has 186 valence electrons. The molecule has 0 saturated carbocycles. The summed E-state index contributed by atoms with van der Waals surface area (Å²) in [6, 6.07) is 4.34. The number of halogens is 3. The van der Waals surface area contributed by atoms with Gasteiger partial charge in [0.05, 0.1) is 22.7 Å². The minimum absolute atomic E-state index is 0.0239. The Labute approximate surface area is 197 Å². The molecule has 1 atom stereocenters. The second-order valence-corrected chi connectivity index (χ2v) is 8.45. The molecule has 1 aromatic carbocycles. The van der Waals surface area contributed by atoms with Gasteiger partial charge in [-0.25, -0.2) is 4.79 Å². The van der Waals surface area contributed by atoms with E-state index in [1.807, 2.05) is 0 Å². The summed E-state index contributed by atoms with van der Waals surface area (Å²) in [5, 5.41) is 2.26. The Kier molecular flexibility index (Phi) is 6.71. The summed E-state index contributed by atoms with van der Waals surface area (Å²) < 4.78 is 46.1. The first-order valence-corrected chi connectivity index (χ1v) is 11.1. The molecule has 2 aliphatic rings. The van der Waals surface area contributed by atoms with Crippen LogP contribution in [0.25, 0.3) is 11.0 Å². The summed E-state index contributed by atoms with van der Waals surface area (Å²) in [6.45, 7) is -0.0481. The van der Waals surface area contributed by atoms with Gasteiger partial charge in [0.1, 0.15) is 12.6 Å². The molecule has 35 heavy (non-hydrogen) atoms. The number of carbonyl (C=O) groups excluding carboxylic acids is 3. The van der Waals surface area contributed by atoms with E-state index in [9.17, 15) is 32.3 Å². The van der Waals surface area contributed by atoms with Gasteiger partial charge in [-0.1, -0.05) is 17.9 Å². The second-order valence-electron chi connectivity index (χ2n) is 8.45. The molecule has 0 aliphatic carbocycles. The van der Waals surface area contributed by atoms with E-state index in [1.165, 1.54) is 9.13 Å². The van der Waals surface area contributed by atoms with E-state index < -0.39 is 29.7 Å². The van der Waals surface area contributed by atoms with Crippen LogP contribution >= 0.6 is 0 Å². The predicted molar refractivity (Wildman–Crippen MR) is 117 cm³/mol. The molecular weight excluding hydrogens is 469 g/mol. The van der Waals surface area contributed by atoms with Crippen molar-refractivity contribution in [2.24, 2.45) is 7.05 Å². The number of imidazole rings is 1. The minimum Gasteiger partial charge on any atom is -0.365 e. The molecule has 9 nitrogen and oxygen atoms in total. The molecule has 1 aromatic heterocycles. The summed E-state index contributed by atoms with van der Waals surface area (Å²) in [5.74, 6) is 3.10. The van der Waals surface area contributed by atoms with Gasteiger partial charge in [-0.15, -0.1) is 0 Å². The van der Waals surface area contributed by atoms with Crippen LogP contribution in [0, 0.1) is 11.8 Å². The van der Waals surface area contributed by atoms with Crippen LogP contribution in [0.5, 0.6) is 0 Å². The first-order chi connectivity index (χ1) is 16.6. The highest BCUT2D eigenvalue weighted by Crippen LogP contribution is 2.25. The number of nitrogens with one attached hydrogen (secondary N) is 1. The maximum absolute atomic E-state index is 12.9. The maximum Gasteiger partial charge on any atom is 0.471 e. The zero-order valence-corrected chi connectivity index (χ0v) is 18.9. The number of likely N-dealkylation sites (tertiary alicyclic amines) is 1. The van der Waals surface area contributed by atoms with Crippen molar-refractivity contribution in [3.05, 3.63) is 34.2 Å². The third kappa shape index (κ3) is 4.95. The fraction of sp³-hybridized carbons (Fsp3) is 0.478. The predicted octanol–water partition coefficient (Wildman–Crippen LogP) is 1.24. The van der Waals surface area contributed by atoms with E-state index >= 15 is 0 Å². The molecule has 3 amide bonds. The Morgan fingerprint density at radius 3 is 2.54 bits per heavy atom. The van der Waals surface area contributed by atoms with Crippen LogP contribution in [-0.2, 0) is 26.2 Å². The number of nitrogens with zero attached hydrogens (tertiary/aromatic N) is 3. The average molecular weight is 492 g/mol. The molecule has 1 N–H and O–H groups in total. The molecule has 0 bridgehead atoms. The molecule has 2 aromatic rings. The fourth-order valence-corrected chi connectivity index (χ4v) is 4.46. The summed E-state index contributed by atoms with van der Waals surface area (Å²) >= 11 is 0. The van der Waals surface area contributed by atoms with E-state index in [0.29, 0.717) is 16.6 Å². The quantitative estimate of drug-likeness (QED) is 0.513. The lowest BCUT2D eigenvalue weighted by Gasteiger charge is -2.31. The van der Waals surface area contributed by atoms with E-state index in [-0.39, 0.29) is 57.4 Å². The van der Waals surface area contributed by atoms with E-state index in [2.05, 4.69) is 17.2 Å². The number of carbonyl (C=O) groups is 3. The van der Waals surface area contributed by atoms with Crippen molar-refractivity contribution in [3.8, 4) is 11.8 Å². The number of aromatic nitrogens is 2. The standard InChI is InChI=1S/C23H23F3N4O5/c1-28-19-14(5-3-13-35-15-9-11-29(12-10-15)21(33)23(24,25)26)4-2-6-16(19)30(22(28)34)17-7-8-18(31)27-20(17)32/h2,4,6,15,17H,7-13H2,1H3,(H,27,31,32). The van der Waals surface area contributed by atoms with Crippen molar-refractivity contribution in [2.75, 3.05) is 19.7 Å². The number of imide groups is 1. The molecule has 2 aliphatic heterocycles. The summed E-state index contributed by atoms with van der Waals surface area (Å²) in [7, 11) is 1.57. The van der Waals surface area contributed by atoms with Crippen LogP contribution in [0.1, 0.15) is 37.3 Å². The van der Waals surface area contributed by atoms with Crippen LogP contribution < -0.4 is 11.0 Å². The van der Waals surface area contributed by atoms with E-state index in [1.54, 1.807) is 25.2 Å². The third-order valence-electron chi connectivity index (χ3n) is 6.21. The molecule has 1 unspecified atom stereocenters. The van der Waals surface area contributed by atoms with Crippen molar-refractivity contribution in [1.29, 1.82) is 0 Å². The summed E-state index contributed by atoms with van der Waals surface area (Å²) in [5.41, 5.74) is 1.19. The van der Waals surface area contributed by atoms with Crippen molar-refractivity contribution in [3.63, 3.8) is 0 Å². The van der Waals surface area contributed by atoms with E-state index in [4.69, 9.17) is 4.74 Å². The minimum atomic E-state index is -4.88. The Morgan fingerprint density at radius 2 is 1.89 bits per heavy atom. The molecule has 0 spiro atoms. The average Bonchev–Trinajstić information content (AvgIpc) is 3.07. The van der Waals surface area contributed by atoms with Gasteiger partial charge in [0.25, 0.3) is 0 Å². The number of alkyl halides is 3. The highest BCUT2D eigenvalue weighted by Gasteiger charge is 2.43. The lowest BCUT2D eigenvalue weighted by Crippen LogP contribution is -2.46. The van der Waals surface area contributed by atoms with Crippen molar-refractivity contribution < 1.29 is 32.3 Å². The van der Waals surface area contributed by atoms with Gasteiger partial charge in [-0.3, -0.25) is 28.8 Å². The topological polar surface area (TPSA) is 103 Å². The summed E-state index contributed by atoms with van der Waals surface area (Å²) in [4.78, 5) is 48.8. The van der Waals surface area contributed by atoms with Gasteiger partial charge >= 0.3 is 17.8 Å². The number of amides is 3. The second kappa shape index (κ2) is 9.58. The smallest absolute Gasteiger partial charge is 0.365 e. The van der Waals surface area contributed by atoms with E-state index in [0.717, 1.165) is 4.90 Å². The van der Waals surface area contributed by atoms with Crippen molar-refractivity contribution >= 4 is 28.8 Å². The largest absolute Gasteiger partial charge is 0.471 e. The van der Waals surface area contributed by atoms with Gasteiger partial charge < -0.3 is 9.64 Å². The normalized spacial score (nSPS) is 19.4. The fourth-order valence-electron chi connectivity index (χ4n) is 4.46. The number of hydrogen-bond acceptors (Lipinski definition) is 5. The maximum atomic E-state index is 12.9. The third-order valence-corrected chi connectivity index (χ3v) is 6.21. The number of piperidine rings is 2. The van der Waals surface area contributed by atoms with Crippen molar-refractivity contribution in [2.45, 2.75) is 44.0 Å². The van der Waals surface area contributed by atoms with Crippen LogP contribution in [0.2, 0.25) is 0 Å². The first-order valence-electron chi connectivity index (χ1n) is 11.1. The van der Waals surface area contributed by atoms with Crippen LogP contribution in [0.3, 0.4) is 0 Å². The van der Waals surface area contributed by atoms with Gasteiger partial charge in [-0.2, -0.15) is 13.2 Å². The monoisotopic (exact) mass is 492 g/mol. The molecule has 2 saturated heterocycles. The zero-order chi connectivity index (χ0) is 25.3. The number of ether oxygens (including phenoxy) is 1. The first kappa shape index (κ1) is 24.5. The Morgan fingerprint density at radius 1 is 1.17 bits per heavy atom. The molecule has 2 fully saturated rings. The van der Waals surface area contributed by atoms with Gasteiger partial charge in [-0.05, 0) is 31.4 Å². The molecule has 0 radical (unpaired) electrons. The molecular formula is C23H23F3N4O5. The number of para-hydroxylation sites is 1.